The molecule has 2 N–H and O–H groups in total. The third-order valence-corrected chi connectivity index (χ3v) is 4.58. The number of benzene rings is 2. The van der Waals surface area contributed by atoms with Crippen molar-refractivity contribution in [3.63, 3.8) is 0 Å². The summed E-state index contributed by atoms with van der Waals surface area (Å²) in [5.41, 5.74) is 2.04. The number of amides is 1. The molecule has 0 aliphatic carbocycles. The Labute approximate surface area is 153 Å². The molecular weight excluding hydrogens is 336 g/mol. The maximum absolute atomic E-state index is 12.4. The molecule has 5 heteroatoms. The summed E-state index contributed by atoms with van der Waals surface area (Å²) in [4.78, 5) is 12.4. The van der Waals surface area contributed by atoms with Crippen molar-refractivity contribution in [3.8, 4) is 0 Å². The molecule has 0 spiro atoms. The molecule has 2 aromatic rings. The number of carbonyl (C=O) groups excluding carboxylic acids is 1. The van der Waals surface area contributed by atoms with E-state index in [0.29, 0.717) is 11.6 Å². The first kappa shape index (κ1) is 17.9. The maximum atomic E-state index is 12.4. The topological polar surface area (TPSA) is 50.4 Å². The monoisotopic (exact) mass is 358 g/mol. The summed E-state index contributed by atoms with van der Waals surface area (Å²) in [7, 11) is 0. The number of rotatable bonds is 7. The van der Waals surface area contributed by atoms with Gasteiger partial charge in [-0.15, -0.1) is 0 Å². The summed E-state index contributed by atoms with van der Waals surface area (Å²) < 4.78 is 5.56. The fraction of sp³-hybridized carbons (Fsp3) is 0.350. The van der Waals surface area contributed by atoms with Crippen LogP contribution in [0.4, 0.5) is 0 Å². The van der Waals surface area contributed by atoms with Gasteiger partial charge in [-0.1, -0.05) is 54.1 Å². The van der Waals surface area contributed by atoms with Crippen molar-refractivity contribution in [2.75, 3.05) is 19.7 Å². The summed E-state index contributed by atoms with van der Waals surface area (Å²) >= 11 is 5.99. The Hall–Kier alpha value is -1.88. The van der Waals surface area contributed by atoms with Gasteiger partial charge in [-0.3, -0.25) is 4.79 Å². The zero-order valence-electron chi connectivity index (χ0n) is 14.1. The van der Waals surface area contributed by atoms with Gasteiger partial charge in [-0.05, 0) is 36.1 Å². The van der Waals surface area contributed by atoms with Crippen LogP contribution in [0, 0.1) is 0 Å². The van der Waals surface area contributed by atoms with Crippen molar-refractivity contribution < 1.29 is 9.53 Å². The van der Waals surface area contributed by atoms with E-state index in [1.807, 2.05) is 54.6 Å². The second-order valence-corrected chi connectivity index (χ2v) is 6.67. The lowest BCUT2D eigenvalue weighted by Crippen LogP contribution is -2.39. The Balaban J connectivity index is 1.62. The molecule has 0 bridgehead atoms. The maximum Gasteiger partial charge on any atom is 0.234 e. The van der Waals surface area contributed by atoms with Gasteiger partial charge < -0.3 is 15.4 Å². The average Bonchev–Trinajstić information content (AvgIpc) is 3.15. The smallest absolute Gasteiger partial charge is 0.234 e. The molecule has 2 unspecified atom stereocenters. The van der Waals surface area contributed by atoms with Crippen LogP contribution in [-0.4, -0.2) is 31.7 Å². The van der Waals surface area contributed by atoms with Crippen molar-refractivity contribution in [2.45, 2.75) is 25.0 Å². The van der Waals surface area contributed by atoms with E-state index in [1.165, 1.54) is 0 Å². The molecule has 1 heterocycles. The van der Waals surface area contributed by atoms with Crippen LogP contribution in [0.2, 0.25) is 5.02 Å². The highest BCUT2D eigenvalue weighted by atomic mass is 35.5. The van der Waals surface area contributed by atoms with Crippen molar-refractivity contribution in [2.24, 2.45) is 0 Å². The first-order valence-corrected chi connectivity index (χ1v) is 9.02. The Kier molecular flexibility index (Phi) is 6.45. The zero-order valence-corrected chi connectivity index (χ0v) is 14.8. The summed E-state index contributed by atoms with van der Waals surface area (Å²) in [6.07, 6.45) is 2.39. The summed E-state index contributed by atoms with van der Waals surface area (Å²) in [6, 6.07) is 17.3. The Morgan fingerprint density at radius 2 is 1.84 bits per heavy atom. The van der Waals surface area contributed by atoms with Gasteiger partial charge in [0.15, 0.2) is 0 Å². The van der Waals surface area contributed by atoms with E-state index < -0.39 is 0 Å². The Bertz CT molecular complexity index is 670. The number of hydrogen-bond acceptors (Lipinski definition) is 3. The van der Waals surface area contributed by atoms with E-state index in [-0.39, 0.29) is 24.6 Å². The van der Waals surface area contributed by atoms with Gasteiger partial charge in [0.1, 0.15) is 0 Å². The van der Waals surface area contributed by atoms with Crippen LogP contribution >= 0.6 is 11.6 Å². The van der Waals surface area contributed by atoms with Crippen LogP contribution in [0.25, 0.3) is 0 Å². The molecule has 1 saturated heterocycles. The number of carbonyl (C=O) groups is 1. The van der Waals surface area contributed by atoms with Crippen molar-refractivity contribution in [1.29, 1.82) is 0 Å². The second kappa shape index (κ2) is 8.99. The zero-order chi connectivity index (χ0) is 17.5. The van der Waals surface area contributed by atoms with Crippen LogP contribution in [0.15, 0.2) is 54.6 Å². The molecule has 0 saturated carbocycles. The van der Waals surface area contributed by atoms with Gasteiger partial charge in [0.05, 0.1) is 18.7 Å². The molecule has 2 aromatic carbocycles. The molecule has 1 fully saturated rings. The van der Waals surface area contributed by atoms with Gasteiger partial charge >= 0.3 is 0 Å². The van der Waals surface area contributed by atoms with Gasteiger partial charge in [-0.2, -0.15) is 0 Å². The summed E-state index contributed by atoms with van der Waals surface area (Å²) in [5, 5.41) is 6.98. The normalized spacial score (nSPS) is 18.0. The third-order valence-electron chi connectivity index (χ3n) is 4.32. The quantitative estimate of drug-likeness (QED) is 0.798. The molecule has 1 aliphatic rings. The van der Waals surface area contributed by atoms with Crippen molar-refractivity contribution >= 4 is 17.5 Å². The van der Waals surface area contributed by atoms with Crippen LogP contribution < -0.4 is 10.6 Å². The fourth-order valence-corrected chi connectivity index (χ4v) is 3.15. The summed E-state index contributed by atoms with van der Waals surface area (Å²) in [5.74, 6) is -0.0400. The van der Waals surface area contributed by atoms with Gasteiger partial charge in [0, 0.05) is 18.2 Å². The van der Waals surface area contributed by atoms with Crippen LogP contribution in [0.5, 0.6) is 0 Å². The van der Waals surface area contributed by atoms with Crippen LogP contribution in [0.3, 0.4) is 0 Å². The van der Waals surface area contributed by atoms with E-state index in [9.17, 15) is 4.79 Å². The largest absolute Gasteiger partial charge is 0.377 e. The molecule has 3 rings (SSSR count). The highest BCUT2D eigenvalue weighted by Gasteiger charge is 2.18. The number of hydrogen-bond donors (Lipinski definition) is 2. The molecule has 25 heavy (non-hydrogen) atoms. The molecule has 1 aliphatic heterocycles. The molecule has 2 atom stereocenters. The van der Waals surface area contributed by atoms with Crippen molar-refractivity contribution in [3.05, 3.63) is 70.7 Å². The number of nitrogens with one attached hydrogen (secondary N) is 2. The van der Waals surface area contributed by atoms with Crippen LogP contribution in [-0.2, 0) is 9.53 Å². The lowest BCUT2D eigenvalue weighted by atomic mass is 9.98. The van der Waals surface area contributed by atoms with E-state index in [4.69, 9.17) is 16.3 Å². The average molecular weight is 359 g/mol. The molecular formula is C20H23ClN2O2. The van der Waals surface area contributed by atoms with Gasteiger partial charge in [-0.25, -0.2) is 0 Å². The van der Waals surface area contributed by atoms with Crippen molar-refractivity contribution in [1.82, 2.24) is 10.6 Å². The molecule has 132 valence electrons. The van der Waals surface area contributed by atoms with E-state index >= 15 is 0 Å². The second-order valence-electron chi connectivity index (χ2n) is 6.23. The fourth-order valence-electron chi connectivity index (χ4n) is 3.02. The Morgan fingerprint density at radius 3 is 2.52 bits per heavy atom. The standard InChI is InChI=1S/C20H23ClN2O2/c21-17-10-8-16(9-11-17)20(15-5-2-1-3-6-15)23-19(24)14-22-13-18-7-4-12-25-18/h1-3,5-6,8-11,18,20,22H,4,7,12-14H2,(H,23,24). The number of halogens is 1. The third kappa shape index (κ3) is 5.30. The minimum Gasteiger partial charge on any atom is -0.377 e. The lowest BCUT2D eigenvalue weighted by molar-refractivity contribution is -0.120. The van der Waals surface area contributed by atoms with E-state index in [1.54, 1.807) is 0 Å². The van der Waals surface area contributed by atoms with Crippen LogP contribution in [0.1, 0.15) is 30.0 Å². The van der Waals surface area contributed by atoms with E-state index in [0.717, 1.165) is 30.6 Å². The predicted octanol–water partition coefficient (Wildman–Crippen LogP) is 3.31. The molecule has 1 amide bonds. The minimum absolute atomic E-state index is 0.0400. The Morgan fingerprint density at radius 1 is 1.12 bits per heavy atom. The molecule has 0 aromatic heterocycles. The van der Waals surface area contributed by atoms with Gasteiger partial charge in [0.2, 0.25) is 5.91 Å². The molecule has 4 nitrogen and oxygen atoms in total. The van der Waals surface area contributed by atoms with E-state index in [2.05, 4.69) is 10.6 Å². The first-order valence-electron chi connectivity index (χ1n) is 8.64. The molecule has 0 radical (unpaired) electrons. The first-order chi connectivity index (χ1) is 12.2. The summed E-state index contributed by atoms with van der Waals surface area (Å²) in [6.45, 7) is 1.81. The SMILES string of the molecule is O=C(CNCC1CCCO1)NC(c1ccccc1)c1ccc(Cl)cc1. The van der Waals surface area contributed by atoms with Gasteiger partial charge in [0.25, 0.3) is 0 Å². The lowest BCUT2D eigenvalue weighted by Gasteiger charge is -2.20. The highest BCUT2D eigenvalue weighted by Crippen LogP contribution is 2.23. The predicted molar refractivity (Wildman–Crippen MR) is 99.7 cm³/mol. The minimum atomic E-state index is -0.199. The highest BCUT2D eigenvalue weighted by molar-refractivity contribution is 6.30. The number of ether oxygens (including phenoxy) is 1.